The zero-order chi connectivity index (χ0) is 10.7. The van der Waals surface area contributed by atoms with Crippen molar-refractivity contribution in [1.29, 1.82) is 0 Å². The summed E-state index contributed by atoms with van der Waals surface area (Å²) in [7, 11) is 1.31. The molecule has 1 aromatic heterocycles. The maximum atomic E-state index is 11.1. The van der Waals surface area contributed by atoms with Crippen LogP contribution in [0.2, 0.25) is 0 Å². The third-order valence-corrected chi connectivity index (χ3v) is 2.51. The van der Waals surface area contributed by atoms with Crippen LogP contribution >= 0.6 is 0 Å². The van der Waals surface area contributed by atoms with Crippen LogP contribution in [0.5, 0.6) is 0 Å². The minimum Gasteiger partial charge on any atom is -0.462 e. The summed E-state index contributed by atoms with van der Waals surface area (Å²) in [5.41, 5.74) is 0. The second-order valence-corrected chi connectivity index (χ2v) is 3.45. The molecule has 0 atom stereocenters. The van der Waals surface area contributed by atoms with E-state index >= 15 is 0 Å². The van der Waals surface area contributed by atoms with E-state index in [1.165, 1.54) is 7.11 Å². The Morgan fingerprint density at radius 1 is 1.53 bits per heavy atom. The van der Waals surface area contributed by atoms with Gasteiger partial charge in [0.2, 0.25) is 0 Å². The van der Waals surface area contributed by atoms with Gasteiger partial charge in [0, 0.05) is 19.1 Å². The largest absolute Gasteiger partial charge is 0.462 e. The highest BCUT2D eigenvalue weighted by molar-refractivity contribution is 5.83. The molecule has 1 aliphatic heterocycles. The molecule has 0 spiro atoms. The summed E-state index contributed by atoms with van der Waals surface area (Å²) in [4.78, 5) is 15.0. The predicted molar refractivity (Wildman–Crippen MR) is 50.6 cm³/mol. The number of ether oxygens (including phenoxy) is 2. The Hall–Kier alpha value is -1.36. The third-order valence-electron chi connectivity index (χ3n) is 2.51. The molecule has 1 aliphatic rings. The van der Waals surface area contributed by atoms with Crippen molar-refractivity contribution in [1.82, 2.24) is 4.98 Å². The van der Waals surface area contributed by atoms with Crippen molar-refractivity contribution < 1.29 is 18.7 Å². The van der Waals surface area contributed by atoms with Gasteiger partial charge in [-0.3, -0.25) is 0 Å². The van der Waals surface area contributed by atoms with Crippen LogP contribution in [-0.4, -0.2) is 31.3 Å². The number of rotatable bonds is 2. The van der Waals surface area contributed by atoms with E-state index in [2.05, 4.69) is 9.72 Å². The van der Waals surface area contributed by atoms with Crippen molar-refractivity contribution >= 4 is 5.97 Å². The van der Waals surface area contributed by atoms with Gasteiger partial charge in [-0.05, 0) is 12.8 Å². The topological polar surface area (TPSA) is 61.6 Å². The Bertz CT molecular complexity index is 341. The van der Waals surface area contributed by atoms with E-state index in [9.17, 15) is 4.79 Å². The van der Waals surface area contributed by atoms with Crippen LogP contribution in [0.15, 0.2) is 10.6 Å². The molecule has 0 amide bonds. The van der Waals surface area contributed by atoms with Crippen LogP contribution in [0.4, 0.5) is 0 Å². The van der Waals surface area contributed by atoms with Crippen LogP contribution in [0.3, 0.4) is 0 Å². The van der Waals surface area contributed by atoms with Gasteiger partial charge < -0.3 is 13.9 Å². The second-order valence-electron chi connectivity index (χ2n) is 3.45. The summed E-state index contributed by atoms with van der Waals surface area (Å²) in [5.74, 6) is 0.552. The van der Waals surface area contributed by atoms with Crippen molar-refractivity contribution in [3.05, 3.63) is 17.8 Å². The van der Waals surface area contributed by atoms with E-state index in [1.54, 1.807) is 6.20 Å². The van der Waals surface area contributed by atoms with Gasteiger partial charge in [-0.1, -0.05) is 0 Å². The first kappa shape index (κ1) is 10.2. The van der Waals surface area contributed by atoms with Gasteiger partial charge in [-0.25, -0.2) is 9.78 Å². The van der Waals surface area contributed by atoms with E-state index in [0.717, 1.165) is 31.8 Å². The molecule has 5 heteroatoms. The molecule has 5 nitrogen and oxygen atoms in total. The van der Waals surface area contributed by atoms with Crippen molar-refractivity contribution in [3.8, 4) is 0 Å². The SMILES string of the molecule is COC(=O)c1ncc(C2CCOCC2)o1. The Balaban J connectivity index is 2.08. The van der Waals surface area contributed by atoms with Gasteiger partial charge in [-0.15, -0.1) is 0 Å². The van der Waals surface area contributed by atoms with Crippen molar-refractivity contribution in [2.75, 3.05) is 20.3 Å². The second kappa shape index (κ2) is 4.44. The lowest BCUT2D eigenvalue weighted by Gasteiger charge is -2.19. The maximum Gasteiger partial charge on any atom is 0.394 e. The molecular weight excluding hydrogens is 198 g/mol. The molecule has 0 saturated carbocycles. The van der Waals surface area contributed by atoms with Crippen LogP contribution in [0.1, 0.15) is 35.2 Å². The van der Waals surface area contributed by atoms with Crippen molar-refractivity contribution in [3.63, 3.8) is 0 Å². The summed E-state index contributed by atoms with van der Waals surface area (Å²) < 4.78 is 15.1. The van der Waals surface area contributed by atoms with Gasteiger partial charge >= 0.3 is 11.9 Å². The van der Waals surface area contributed by atoms with Gasteiger partial charge in [0.15, 0.2) is 0 Å². The molecule has 82 valence electrons. The average Bonchev–Trinajstić information content (AvgIpc) is 2.78. The molecular formula is C10H13NO4. The van der Waals surface area contributed by atoms with Crippen LogP contribution < -0.4 is 0 Å². The Morgan fingerprint density at radius 2 is 2.27 bits per heavy atom. The molecule has 0 bridgehead atoms. The van der Waals surface area contributed by atoms with E-state index in [-0.39, 0.29) is 5.89 Å². The summed E-state index contributed by atoms with van der Waals surface area (Å²) >= 11 is 0. The number of methoxy groups -OCH3 is 1. The van der Waals surface area contributed by atoms with Crippen molar-refractivity contribution in [2.24, 2.45) is 0 Å². The summed E-state index contributed by atoms with van der Waals surface area (Å²) in [6.07, 6.45) is 3.42. The minimum absolute atomic E-state index is 0.0268. The van der Waals surface area contributed by atoms with E-state index in [4.69, 9.17) is 9.15 Å². The van der Waals surface area contributed by atoms with E-state index in [1.807, 2.05) is 0 Å². The fourth-order valence-corrected chi connectivity index (χ4v) is 1.64. The van der Waals surface area contributed by atoms with Gasteiger partial charge in [0.05, 0.1) is 13.3 Å². The number of esters is 1. The van der Waals surface area contributed by atoms with Gasteiger partial charge in [-0.2, -0.15) is 0 Å². The standard InChI is InChI=1S/C10H13NO4/c1-13-10(12)9-11-6-8(15-9)7-2-4-14-5-3-7/h6-7H,2-5H2,1H3. The van der Waals surface area contributed by atoms with Crippen LogP contribution in [0, 0.1) is 0 Å². The third kappa shape index (κ3) is 2.18. The Morgan fingerprint density at radius 3 is 2.93 bits per heavy atom. The monoisotopic (exact) mass is 211 g/mol. The average molecular weight is 211 g/mol. The van der Waals surface area contributed by atoms with Gasteiger partial charge in [0.1, 0.15) is 5.76 Å². The first-order valence-corrected chi connectivity index (χ1v) is 4.93. The zero-order valence-electron chi connectivity index (χ0n) is 8.56. The normalized spacial score (nSPS) is 17.7. The molecule has 1 fully saturated rings. The number of nitrogens with zero attached hydrogens (tertiary/aromatic N) is 1. The summed E-state index contributed by atoms with van der Waals surface area (Å²) in [6, 6.07) is 0. The molecule has 0 aromatic carbocycles. The number of oxazole rings is 1. The summed E-state index contributed by atoms with van der Waals surface area (Å²) in [5, 5.41) is 0. The highest BCUT2D eigenvalue weighted by Crippen LogP contribution is 2.27. The molecule has 0 unspecified atom stereocenters. The number of hydrogen-bond acceptors (Lipinski definition) is 5. The number of hydrogen-bond donors (Lipinski definition) is 0. The number of aromatic nitrogens is 1. The molecule has 15 heavy (non-hydrogen) atoms. The first-order chi connectivity index (χ1) is 7.31. The fraction of sp³-hybridized carbons (Fsp3) is 0.600. The van der Waals surface area contributed by atoms with E-state index < -0.39 is 5.97 Å². The lowest BCUT2D eigenvalue weighted by Crippen LogP contribution is -2.13. The van der Waals surface area contributed by atoms with Crippen LogP contribution in [0.25, 0.3) is 0 Å². The number of carbonyl (C=O) groups is 1. The molecule has 2 rings (SSSR count). The maximum absolute atomic E-state index is 11.1. The fourth-order valence-electron chi connectivity index (χ4n) is 1.64. The zero-order valence-corrected chi connectivity index (χ0v) is 8.56. The lowest BCUT2D eigenvalue weighted by molar-refractivity contribution is 0.0546. The first-order valence-electron chi connectivity index (χ1n) is 4.93. The van der Waals surface area contributed by atoms with E-state index in [0.29, 0.717) is 5.92 Å². The van der Waals surface area contributed by atoms with Crippen LogP contribution in [-0.2, 0) is 9.47 Å². The Kier molecular flexibility index (Phi) is 3.01. The molecule has 1 saturated heterocycles. The van der Waals surface area contributed by atoms with Crippen molar-refractivity contribution in [2.45, 2.75) is 18.8 Å². The molecule has 0 N–H and O–H groups in total. The number of carbonyl (C=O) groups excluding carboxylic acids is 1. The molecule has 0 aliphatic carbocycles. The predicted octanol–water partition coefficient (Wildman–Crippen LogP) is 1.36. The molecule has 2 heterocycles. The smallest absolute Gasteiger partial charge is 0.394 e. The van der Waals surface area contributed by atoms with Gasteiger partial charge in [0.25, 0.3) is 0 Å². The lowest BCUT2D eigenvalue weighted by atomic mass is 9.98. The summed E-state index contributed by atoms with van der Waals surface area (Å²) in [6.45, 7) is 1.47. The highest BCUT2D eigenvalue weighted by atomic mass is 16.5. The Labute approximate surface area is 87.4 Å². The molecule has 1 aromatic rings. The molecule has 0 radical (unpaired) electrons. The minimum atomic E-state index is -0.534. The quantitative estimate of drug-likeness (QED) is 0.691. The highest BCUT2D eigenvalue weighted by Gasteiger charge is 2.22.